The van der Waals surface area contributed by atoms with E-state index in [9.17, 15) is 10.2 Å². The summed E-state index contributed by atoms with van der Waals surface area (Å²) in [6.45, 7) is 4.11. The van der Waals surface area contributed by atoms with Crippen molar-refractivity contribution in [1.82, 2.24) is 4.98 Å². The van der Waals surface area contributed by atoms with Crippen LogP contribution in [0.4, 0.5) is 4.39 Å². The summed E-state index contributed by atoms with van der Waals surface area (Å²) in [6.07, 6.45) is 8.55. The van der Waals surface area contributed by atoms with Crippen LogP contribution < -0.4 is 0 Å². The number of benzene rings is 1. The number of hydrogen-bond donors (Lipinski definition) is 2. The fourth-order valence-corrected chi connectivity index (χ4v) is 7.48. The van der Waals surface area contributed by atoms with E-state index in [0.29, 0.717) is 31.6 Å². The first kappa shape index (κ1) is 20.6. The van der Waals surface area contributed by atoms with Gasteiger partial charge < -0.3 is 14.6 Å². The lowest BCUT2D eigenvalue weighted by Gasteiger charge is -2.49. The Morgan fingerprint density at radius 2 is 2.03 bits per heavy atom. The monoisotopic (exact) mass is 437 g/mol. The van der Waals surface area contributed by atoms with Crippen LogP contribution in [0.3, 0.4) is 0 Å². The molecule has 32 heavy (non-hydrogen) atoms. The van der Waals surface area contributed by atoms with Gasteiger partial charge in [0.25, 0.3) is 0 Å². The molecule has 4 aliphatic rings. The highest BCUT2D eigenvalue weighted by Crippen LogP contribution is 2.63. The van der Waals surface area contributed by atoms with Crippen LogP contribution in [0.15, 0.2) is 40.3 Å². The molecule has 1 aromatic carbocycles. The molecule has 1 heterocycles. The highest BCUT2D eigenvalue weighted by molar-refractivity contribution is 5.82. The van der Waals surface area contributed by atoms with Crippen molar-refractivity contribution < 1.29 is 19.0 Å². The lowest BCUT2D eigenvalue weighted by molar-refractivity contribution is -0.0359. The van der Waals surface area contributed by atoms with E-state index in [2.05, 4.69) is 36.2 Å². The van der Waals surface area contributed by atoms with Gasteiger partial charge in [-0.2, -0.15) is 0 Å². The molecule has 4 nitrogen and oxygen atoms in total. The number of hydrogen-bond acceptors (Lipinski definition) is 4. The SMILES string of the molecule is Cc1nc2ccc(C3=CCC4C3(C)CC=C3CC5(F)CC(O)CCC5CC[C@@]34O)cc2o1. The highest BCUT2D eigenvalue weighted by Gasteiger charge is 2.59. The maximum atomic E-state index is 16.1. The molecule has 0 aliphatic heterocycles. The summed E-state index contributed by atoms with van der Waals surface area (Å²) in [7, 11) is 0. The largest absolute Gasteiger partial charge is 0.441 e. The molecule has 2 aromatic rings. The zero-order valence-corrected chi connectivity index (χ0v) is 18.9. The van der Waals surface area contributed by atoms with Gasteiger partial charge in [-0.05, 0) is 73.3 Å². The Balaban J connectivity index is 1.37. The maximum Gasteiger partial charge on any atom is 0.192 e. The number of aliphatic hydroxyl groups excluding tert-OH is 1. The molecule has 1 aromatic heterocycles. The summed E-state index contributed by atoms with van der Waals surface area (Å²) in [4.78, 5) is 4.41. The molecule has 2 fully saturated rings. The summed E-state index contributed by atoms with van der Waals surface area (Å²) in [5, 5.41) is 22.3. The number of nitrogens with zero attached hydrogens (tertiary/aromatic N) is 1. The first-order chi connectivity index (χ1) is 15.2. The summed E-state index contributed by atoms with van der Waals surface area (Å²) in [5.74, 6) is 0.621. The molecule has 2 saturated carbocycles. The van der Waals surface area contributed by atoms with E-state index in [1.165, 1.54) is 5.57 Å². The number of aliphatic hydroxyl groups is 2. The summed E-state index contributed by atoms with van der Waals surface area (Å²) >= 11 is 0. The van der Waals surface area contributed by atoms with Crippen molar-refractivity contribution >= 4 is 16.7 Å². The number of alkyl halides is 1. The number of aryl methyl sites for hydroxylation is 1. The molecule has 170 valence electrons. The molecule has 4 aliphatic carbocycles. The van der Waals surface area contributed by atoms with E-state index in [1.54, 1.807) is 0 Å². The van der Waals surface area contributed by atoms with Gasteiger partial charge in [0.2, 0.25) is 0 Å². The predicted molar refractivity (Wildman–Crippen MR) is 122 cm³/mol. The highest BCUT2D eigenvalue weighted by atomic mass is 19.1. The zero-order valence-electron chi connectivity index (χ0n) is 18.9. The van der Waals surface area contributed by atoms with Crippen LogP contribution in [0.5, 0.6) is 0 Å². The van der Waals surface area contributed by atoms with Crippen LogP contribution in [0.25, 0.3) is 16.7 Å². The fraction of sp³-hybridized carbons (Fsp3) is 0.593. The van der Waals surface area contributed by atoms with E-state index >= 15 is 4.39 Å². The van der Waals surface area contributed by atoms with Gasteiger partial charge in [0, 0.05) is 31.1 Å². The van der Waals surface area contributed by atoms with E-state index in [1.807, 2.05) is 13.0 Å². The van der Waals surface area contributed by atoms with Crippen LogP contribution in [-0.2, 0) is 0 Å². The Labute approximate surface area is 188 Å². The minimum Gasteiger partial charge on any atom is -0.441 e. The average Bonchev–Trinajstić information content (AvgIpc) is 3.25. The van der Waals surface area contributed by atoms with E-state index < -0.39 is 17.4 Å². The van der Waals surface area contributed by atoms with Gasteiger partial charge in [-0.3, -0.25) is 0 Å². The lowest BCUT2D eigenvalue weighted by Crippen LogP contribution is -2.49. The maximum absolute atomic E-state index is 16.1. The van der Waals surface area contributed by atoms with Crippen molar-refractivity contribution in [3.8, 4) is 0 Å². The lowest BCUT2D eigenvalue weighted by atomic mass is 9.58. The summed E-state index contributed by atoms with van der Waals surface area (Å²) in [5.41, 5.74) is 2.29. The first-order valence-electron chi connectivity index (χ1n) is 12.1. The van der Waals surface area contributed by atoms with Gasteiger partial charge in [0.1, 0.15) is 11.2 Å². The van der Waals surface area contributed by atoms with Gasteiger partial charge >= 0.3 is 0 Å². The number of oxazole rings is 1. The van der Waals surface area contributed by atoms with Crippen LogP contribution in [0.1, 0.15) is 69.7 Å². The number of aromatic nitrogens is 1. The second-order valence-electron chi connectivity index (χ2n) is 11.0. The standard InChI is InChI=1S/C27H32FNO3/c1-16-29-22-7-3-17(13-23(22)32-16)21-6-8-24-25(21,2)11-9-19-14-26(28)15-20(30)5-4-18(26)10-12-27(19,24)31/h3,6-7,9,13,18,20,24,30-31H,4-5,8,10-12,14-15H2,1-2H3/t18?,20?,24?,25?,26?,27-/m1/s1. The molecule has 0 amide bonds. The van der Waals surface area contributed by atoms with Crippen LogP contribution in [0, 0.1) is 24.2 Å². The van der Waals surface area contributed by atoms with Crippen molar-refractivity contribution in [2.75, 3.05) is 0 Å². The van der Waals surface area contributed by atoms with Gasteiger partial charge in [0.15, 0.2) is 11.5 Å². The van der Waals surface area contributed by atoms with Crippen molar-refractivity contribution in [2.24, 2.45) is 17.3 Å². The van der Waals surface area contributed by atoms with E-state index in [-0.39, 0.29) is 30.1 Å². The molecule has 0 saturated heterocycles. The van der Waals surface area contributed by atoms with E-state index in [0.717, 1.165) is 35.1 Å². The van der Waals surface area contributed by atoms with Crippen LogP contribution in [-0.4, -0.2) is 32.6 Å². The summed E-state index contributed by atoms with van der Waals surface area (Å²) < 4.78 is 21.8. The number of halogens is 1. The number of rotatable bonds is 1. The Morgan fingerprint density at radius 1 is 1.19 bits per heavy atom. The molecular weight excluding hydrogens is 405 g/mol. The van der Waals surface area contributed by atoms with Crippen molar-refractivity contribution in [3.05, 3.63) is 47.4 Å². The molecule has 0 spiro atoms. The second kappa shape index (κ2) is 6.77. The van der Waals surface area contributed by atoms with Crippen LogP contribution in [0.2, 0.25) is 0 Å². The number of allylic oxidation sites excluding steroid dienone is 3. The second-order valence-corrected chi connectivity index (χ2v) is 11.0. The fourth-order valence-electron chi connectivity index (χ4n) is 7.48. The van der Waals surface area contributed by atoms with Gasteiger partial charge in [0.05, 0.1) is 11.7 Å². The minimum atomic E-state index is -1.40. The Kier molecular flexibility index (Phi) is 4.36. The van der Waals surface area contributed by atoms with Gasteiger partial charge in [-0.15, -0.1) is 0 Å². The molecule has 6 atom stereocenters. The van der Waals surface area contributed by atoms with Gasteiger partial charge in [-0.25, -0.2) is 9.37 Å². The summed E-state index contributed by atoms with van der Waals surface area (Å²) in [6, 6.07) is 6.18. The van der Waals surface area contributed by atoms with Crippen LogP contribution >= 0.6 is 0 Å². The molecule has 6 rings (SSSR count). The third-order valence-electron chi connectivity index (χ3n) is 9.17. The molecule has 0 radical (unpaired) electrons. The van der Waals surface area contributed by atoms with Crippen molar-refractivity contribution in [3.63, 3.8) is 0 Å². The normalized spacial score (nSPS) is 41.3. The quantitative estimate of drug-likeness (QED) is 0.565. The van der Waals surface area contributed by atoms with Crippen molar-refractivity contribution in [1.29, 1.82) is 0 Å². The third kappa shape index (κ3) is 2.83. The molecular formula is C27H32FNO3. The molecule has 5 heteroatoms. The zero-order chi connectivity index (χ0) is 22.3. The smallest absolute Gasteiger partial charge is 0.192 e. The Hall–Kier alpha value is -1.98. The Morgan fingerprint density at radius 3 is 2.88 bits per heavy atom. The van der Waals surface area contributed by atoms with Gasteiger partial charge in [-0.1, -0.05) is 25.1 Å². The third-order valence-corrected chi connectivity index (χ3v) is 9.17. The Bertz CT molecular complexity index is 1150. The predicted octanol–water partition coefficient (Wildman–Crippen LogP) is 5.66. The minimum absolute atomic E-state index is 0.0332. The average molecular weight is 438 g/mol. The van der Waals surface area contributed by atoms with Crippen molar-refractivity contribution in [2.45, 2.75) is 82.6 Å². The molecule has 5 unspecified atom stereocenters. The van der Waals surface area contributed by atoms with E-state index in [4.69, 9.17) is 4.42 Å². The first-order valence-corrected chi connectivity index (χ1v) is 12.1. The topological polar surface area (TPSA) is 66.5 Å². The molecule has 2 N–H and O–H groups in total. The number of fused-ring (bicyclic) bond motifs is 5. The molecule has 0 bridgehead atoms.